The maximum atomic E-state index is 12.5. The first kappa shape index (κ1) is 14.2. The van der Waals surface area contributed by atoms with Crippen molar-refractivity contribution in [2.75, 3.05) is 7.11 Å². The quantitative estimate of drug-likeness (QED) is 0.475. The van der Waals surface area contributed by atoms with Crippen molar-refractivity contribution in [2.24, 2.45) is 0 Å². The number of esters is 1. The lowest BCUT2D eigenvalue weighted by Crippen LogP contribution is -2.10. The van der Waals surface area contributed by atoms with E-state index >= 15 is 0 Å². The molecule has 0 atom stereocenters. The van der Waals surface area contributed by atoms with Gasteiger partial charge in [0.25, 0.3) is 5.69 Å². The zero-order chi connectivity index (χ0) is 14.1. The molecule has 0 unspecified atom stereocenters. The van der Waals surface area contributed by atoms with Crippen molar-refractivity contribution in [3.8, 4) is 0 Å². The first-order valence-electron chi connectivity index (χ1n) is 4.32. The number of carbonyl (C=O) groups excluding carboxylic acids is 1. The summed E-state index contributed by atoms with van der Waals surface area (Å²) in [5.74, 6) is -1.19. The average Bonchev–Trinajstić information content (AvgIpc) is 2.26. The van der Waals surface area contributed by atoms with Crippen molar-refractivity contribution < 1.29 is 27.6 Å². The summed E-state index contributed by atoms with van der Waals surface area (Å²) < 4.78 is 41.7. The van der Waals surface area contributed by atoms with E-state index in [1.54, 1.807) is 0 Å². The van der Waals surface area contributed by atoms with Crippen LogP contribution >= 0.6 is 11.6 Å². The molecule has 1 rings (SSSR count). The Morgan fingerprint density at radius 1 is 1.44 bits per heavy atom. The van der Waals surface area contributed by atoms with E-state index in [4.69, 9.17) is 11.6 Å². The van der Waals surface area contributed by atoms with Gasteiger partial charge < -0.3 is 4.74 Å². The molecule has 9 heteroatoms. The lowest BCUT2D eigenvalue weighted by Gasteiger charge is -2.09. The molecule has 0 saturated heterocycles. The molecule has 0 saturated carbocycles. The Morgan fingerprint density at radius 2 is 2.00 bits per heavy atom. The van der Waals surface area contributed by atoms with Crippen LogP contribution in [0.4, 0.5) is 18.9 Å². The smallest absolute Gasteiger partial charge is 0.416 e. The molecule has 0 spiro atoms. The summed E-state index contributed by atoms with van der Waals surface area (Å²) in [5, 5.41) is 9.87. The van der Waals surface area contributed by atoms with Crippen molar-refractivity contribution in [3.05, 3.63) is 38.4 Å². The highest BCUT2D eigenvalue weighted by Crippen LogP contribution is 2.37. The minimum atomic E-state index is -4.84. The molecule has 18 heavy (non-hydrogen) atoms. The number of hydrogen-bond acceptors (Lipinski definition) is 4. The minimum Gasteiger partial charge on any atom is -0.465 e. The van der Waals surface area contributed by atoms with Crippen molar-refractivity contribution in [3.63, 3.8) is 0 Å². The first-order chi connectivity index (χ1) is 8.18. The average molecular weight is 284 g/mol. The molecule has 0 radical (unpaired) electrons. The van der Waals surface area contributed by atoms with Gasteiger partial charge in [-0.1, -0.05) is 11.6 Å². The topological polar surface area (TPSA) is 69.4 Å². The molecule has 0 bridgehead atoms. The second-order valence-electron chi connectivity index (χ2n) is 3.10. The number of nitro benzene ring substituents is 1. The third kappa shape index (κ3) is 2.70. The summed E-state index contributed by atoms with van der Waals surface area (Å²) in [6.45, 7) is 0. The van der Waals surface area contributed by atoms with Crippen LogP contribution < -0.4 is 0 Å². The lowest BCUT2D eigenvalue weighted by atomic mass is 10.1. The van der Waals surface area contributed by atoms with E-state index in [1.165, 1.54) is 0 Å². The van der Waals surface area contributed by atoms with E-state index in [2.05, 4.69) is 4.74 Å². The molecule has 0 aliphatic rings. The fourth-order valence-corrected chi connectivity index (χ4v) is 1.42. The Hall–Kier alpha value is -1.83. The van der Waals surface area contributed by atoms with Gasteiger partial charge in [-0.2, -0.15) is 13.2 Å². The van der Waals surface area contributed by atoms with Gasteiger partial charge in [0, 0.05) is 6.07 Å². The molecular formula is C9H5ClF3NO4. The van der Waals surface area contributed by atoms with Crippen LogP contribution in [0.5, 0.6) is 0 Å². The molecule has 0 fully saturated rings. The summed E-state index contributed by atoms with van der Waals surface area (Å²) in [5.41, 5.74) is -3.06. The van der Waals surface area contributed by atoms with Crippen LogP contribution in [-0.4, -0.2) is 18.0 Å². The Kier molecular flexibility index (Phi) is 3.80. The van der Waals surface area contributed by atoms with Crippen molar-refractivity contribution in [1.29, 1.82) is 0 Å². The van der Waals surface area contributed by atoms with Crippen LogP contribution in [0.3, 0.4) is 0 Å². The summed E-state index contributed by atoms with van der Waals surface area (Å²) in [7, 11) is 0.921. The standard InChI is InChI=1S/C9H5ClF3NO4/c1-18-8(15)5-2-4(9(11,12)13)3-6(7(5)10)14(16)17/h2-3H,1H3. The first-order valence-corrected chi connectivity index (χ1v) is 4.69. The minimum absolute atomic E-state index is 0.259. The zero-order valence-electron chi connectivity index (χ0n) is 8.75. The normalized spacial score (nSPS) is 11.2. The number of carbonyl (C=O) groups is 1. The van der Waals surface area contributed by atoms with Crippen LogP contribution in [-0.2, 0) is 10.9 Å². The van der Waals surface area contributed by atoms with Crippen molar-refractivity contribution in [2.45, 2.75) is 6.18 Å². The molecule has 0 N–H and O–H groups in total. The number of halogens is 4. The molecule has 0 heterocycles. The lowest BCUT2D eigenvalue weighted by molar-refractivity contribution is -0.385. The second kappa shape index (κ2) is 4.81. The summed E-state index contributed by atoms with van der Waals surface area (Å²) in [6.07, 6.45) is -4.84. The molecule has 0 aliphatic carbocycles. The molecule has 5 nitrogen and oxygen atoms in total. The van der Waals surface area contributed by atoms with Gasteiger partial charge in [0.2, 0.25) is 0 Å². The van der Waals surface area contributed by atoms with E-state index in [0.717, 1.165) is 7.11 Å². The van der Waals surface area contributed by atoms with Gasteiger partial charge in [-0.25, -0.2) is 4.79 Å². The highest BCUT2D eigenvalue weighted by atomic mass is 35.5. The van der Waals surface area contributed by atoms with E-state index < -0.39 is 38.9 Å². The molecule has 0 aromatic heterocycles. The summed E-state index contributed by atoms with van der Waals surface area (Å²) in [4.78, 5) is 20.7. The van der Waals surface area contributed by atoms with Gasteiger partial charge in [-0.15, -0.1) is 0 Å². The predicted octanol–water partition coefficient (Wildman–Crippen LogP) is 3.05. The van der Waals surface area contributed by atoms with Crippen LogP contribution in [0.15, 0.2) is 12.1 Å². The second-order valence-corrected chi connectivity index (χ2v) is 3.48. The number of alkyl halides is 3. The Balaban J connectivity index is 3.57. The van der Waals surface area contributed by atoms with Crippen molar-refractivity contribution in [1.82, 2.24) is 0 Å². The number of nitrogens with zero attached hydrogens (tertiary/aromatic N) is 1. The van der Waals surface area contributed by atoms with Gasteiger partial charge in [0.15, 0.2) is 0 Å². The number of methoxy groups -OCH3 is 1. The van der Waals surface area contributed by atoms with Gasteiger partial charge >= 0.3 is 12.1 Å². The number of nitro groups is 1. The molecule has 0 aliphatic heterocycles. The largest absolute Gasteiger partial charge is 0.465 e. The van der Waals surface area contributed by atoms with Crippen molar-refractivity contribution >= 4 is 23.3 Å². The molecule has 1 aromatic rings. The third-order valence-electron chi connectivity index (χ3n) is 1.98. The summed E-state index contributed by atoms with van der Waals surface area (Å²) >= 11 is 5.49. The van der Waals surface area contributed by atoms with Gasteiger partial charge in [-0.05, 0) is 6.07 Å². The summed E-state index contributed by atoms with van der Waals surface area (Å²) in [6, 6.07) is 0.663. The fraction of sp³-hybridized carbons (Fsp3) is 0.222. The maximum absolute atomic E-state index is 12.5. The van der Waals surface area contributed by atoms with E-state index in [0.29, 0.717) is 6.07 Å². The van der Waals surface area contributed by atoms with Crippen LogP contribution in [0.2, 0.25) is 5.02 Å². The van der Waals surface area contributed by atoms with Gasteiger partial charge in [0.05, 0.1) is 23.2 Å². The van der Waals surface area contributed by atoms with Crippen LogP contribution in [0.1, 0.15) is 15.9 Å². The highest BCUT2D eigenvalue weighted by molar-refractivity contribution is 6.35. The van der Waals surface area contributed by atoms with E-state index in [-0.39, 0.29) is 6.07 Å². The predicted molar refractivity (Wildman–Crippen MR) is 54.4 cm³/mol. The molecular weight excluding hydrogens is 279 g/mol. The molecule has 0 amide bonds. The SMILES string of the molecule is COC(=O)c1cc(C(F)(F)F)cc([N+](=O)[O-])c1Cl. The number of benzene rings is 1. The number of ether oxygens (including phenoxy) is 1. The van der Waals surface area contributed by atoms with Crippen LogP contribution in [0.25, 0.3) is 0 Å². The Bertz CT molecular complexity index is 515. The Labute approximate surface area is 103 Å². The van der Waals surface area contributed by atoms with E-state index in [9.17, 15) is 28.1 Å². The van der Waals surface area contributed by atoms with Gasteiger partial charge in [-0.3, -0.25) is 10.1 Å². The highest BCUT2D eigenvalue weighted by Gasteiger charge is 2.35. The monoisotopic (exact) mass is 283 g/mol. The number of hydrogen-bond donors (Lipinski definition) is 0. The Morgan fingerprint density at radius 3 is 2.39 bits per heavy atom. The fourth-order valence-electron chi connectivity index (χ4n) is 1.16. The maximum Gasteiger partial charge on any atom is 0.416 e. The third-order valence-corrected chi connectivity index (χ3v) is 2.38. The molecule has 98 valence electrons. The van der Waals surface area contributed by atoms with Gasteiger partial charge in [0.1, 0.15) is 5.02 Å². The zero-order valence-corrected chi connectivity index (χ0v) is 9.50. The van der Waals surface area contributed by atoms with E-state index in [1.807, 2.05) is 0 Å². The van der Waals surface area contributed by atoms with Crippen LogP contribution in [0, 0.1) is 10.1 Å². The number of rotatable bonds is 2. The molecule has 1 aromatic carbocycles.